The van der Waals surface area contributed by atoms with E-state index in [4.69, 9.17) is 0 Å². The first-order valence-electron chi connectivity index (χ1n) is 6.24. The molecule has 6 nitrogen and oxygen atoms in total. The summed E-state index contributed by atoms with van der Waals surface area (Å²) in [6.45, 7) is 6.17. The molecule has 3 heterocycles. The highest BCUT2D eigenvalue weighted by molar-refractivity contribution is 5.43. The summed E-state index contributed by atoms with van der Waals surface area (Å²) < 4.78 is 1.81. The van der Waals surface area contributed by atoms with Gasteiger partial charge < -0.3 is 4.90 Å². The molecule has 18 heavy (non-hydrogen) atoms. The van der Waals surface area contributed by atoms with Crippen LogP contribution in [0.3, 0.4) is 0 Å². The summed E-state index contributed by atoms with van der Waals surface area (Å²) in [7, 11) is 2.14. The first kappa shape index (κ1) is 11.4. The highest BCUT2D eigenvalue weighted by Crippen LogP contribution is 2.08. The predicted octanol–water partition coefficient (Wildman–Crippen LogP) is 0.612. The number of aromatic nitrogens is 3. The van der Waals surface area contributed by atoms with Crippen molar-refractivity contribution in [2.24, 2.45) is 0 Å². The number of hydrogen-bond donors (Lipinski definition) is 1. The molecule has 0 bridgehead atoms. The highest BCUT2D eigenvalue weighted by atomic mass is 15.6. The minimum absolute atomic E-state index is 0.671. The van der Waals surface area contributed by atoms with Crippen LogP contribution in [0, 0.1) is 6.92 Å². The smallest absolute Gasteiger partial charge is 0.257 e. The van der Waals surface area contributed by atoms with Crippen molar-refractivity contribution in [2.45, 2.75) is 6.92 Å². The van der Waals surface area contributed by atoms with Gasteiger partial charge in [0.05, 0.1) is 0 Å². The molecule has 96 valence electrons. The Morgan fingerprint density at radius 2 is 1.94 bits per heavy atom. The summed E-state index contributed by atoms with van der Waals surface area (Å²) in [4.78, 5) is 6.77. The van der Waals surface area contributed by atoms with Crippen LogP contribution < -0.4 is 5.43 Å². The monoisotopic (exact) mass is 246 g/mol. The average Bonchev–Trinajstić information content (AvgIpc) is 2.73. The molecular formula is C12H18N6. The summed E-state index contributed by atoms with van der Waals surface area (Å²) in [5.74, 6) is 0.671. The normalized spacial score (nSPS) is 18.3. The molecule has 1 saturated heterocycles. The number of fused-ring (bicyclic) bond motifs is 1. The fourth-order valence-electron chi connectivity index (χ4n) is 2.09. The third-order valence-corrected chi connectivity index (χ3v) is 3.24. The van der Waals surface area contributed by atoms with Crippen LogP contribution in [0.4, 0.5) is 5.95 Å². The van der Waals surface area contributed by atoms with Crippen molar-refractivity contribution < 1.29 is 0 Å². The average molecular weight is 246 g/mol. The molecule has 0 spiro atoms. The maximum Gasteiger partial charge on any atom is 0.257 e. The number of hydrazine groups is 1. The van der Waals surface area contributed by atoms with Crippen LogP contribution in [0.2, 0.25) is 0 Å². The fraction of sp³-hybridized carbons (Fsp3) is 0.500. The van der Waals surface area contributed by atoms with Crippen LogP contribution in [-0.4, -0.2) is 57.7 Å². The zero-order valence-corrected chi connectivity index (χ0v) is 10.8. The van der Waals surface area contributed by atoms with Gasteiger partial charge in [-0.05, 0) is 25.6 Å². The van der Waals surface area contributed by atoms with Gasteiger partial charge >= 0.3 is 0 Å². The number of aryl methyl sites for hydroxylation is 1. The lowest BCUT2D eigenvalue weighted by atomic mass is 10.3. The standard InChI is InChI=1S/C12H18N6/c1-10-3-4-11-13-12(15-18(11)9-10)14-17-7-5-16(2)6-8-17/h3-4,9H,5-8H2,1-2H3,(H,14,15). The van der Waals surface area contributed by atoms with E-state index in [0.29, 0.717) is 5.95 Å². The predicted molar refractivity (Wildman–Crippen MR) is 70.4 cm³/mol. The van der Waals surface area contributed by atoms with Crippen molar-refractivity contribution >= 4 is 11.6 Å². The second kappa shape index (κ2) is 4.55. The Morgan fingerprint density at radius 1 is 1.17 bits per heavy atom. The lowest BCUT2D eigenvalue weighted by Gasteiger charge is -2.31. The first-order valence-corrected chi connectivity index (χ1v) is 6.24. The molecule has 2 aromatic rings. The Kier molecular flexibility index (Phi) is 2.89. The lowest BCUT2D eigenvalue weighted by Crippen LogP contribution is -2.47. The fourth-order valence-corrected chi connectivity index (χ4v) is 2.09. The number of anilines is 1. The van der Waals surface area contributed by atoms with Crippen molar-refractivity contribution in [3.05, 3.63) is 23.9 Å². The quantitative estimate of drug-likeness (QED) is 0.841. The Hall–Kier alpha value is -1.66. The molecule has 0 aliphatic carbocycles. The Labute approximate surface area is 106 Å². The molecule has 0 radical (unpaired) electrons. The zero-order chi connectivity index (χ0) is 12.5. The molecule has 0 unspecified atom stereocenters. The van der Waals surface area contributed by atoms with Crippen LogP contribution >= 0.6 is 0 Å². The summed E-state index contributed by atoms with van der Waals surface area (Å²) in [5.41, 5.74) is 5.33. The molecule has 3 rings (SSSR count). The first-order chi connectivity index (χ1) is 8.70. The van der Waals surface area contributed by atoms with E-state index < -0.39 is 0 Å². The minimum Gasteiger partial charge on any atom is -0.304 e. The van der Waals surface area contributed by atoms with Crippen molar-refractivity contribution in [3.8, 4) is 0 Å². The van der Waals surface area contributed by atoms with Gasteiger partial charge in [-0.1, -0.05) is 6.07 Å². The Morgan fingerprint density at radius 3 is 2.72 bits per heavy atom. The van der Waals surface area contributed by atoms with E-state index in [0.717, 1.165) is 31.8 Å². The van der Waals surface area contributed by atoms with Gasteiger partial charge in [0.15, 0.2) is 5.65 Å². The van der Waals surface area contributed by atoms with Crippen molar-refractivity contribution in [1.29, 1.82) is 0 Å². The maximum absolute atomic E-state index is 4.45. The second-order valence-electron chi connectivity index (χ2n) is 4.85. The summed E-state index contributed by atoms with van der Waals surface area (Å²) >= 11 is 0. The van der Waals surface area contributed by atoms with Crippen LogP contribution in [0.5, 0.6) is 0 Å². The second-order valence-corrected chi connectivity index (χ2v) is 4.85. The van der Waals surface area contributed by atoms with Crippen molar-refractivity contribution in [2.75, 3.05) is 38.7 Å². The topological polar surface area (TPSA) is 48.7 Å². The van der Waals surface area contributed by atoms with E-state index in [2.05, 4.69) is 39.4 Å². The molecule has 1 N–H and O–H groups in total. The van der Waals surface area contributed by atoms with E-state index in [1.807, 2.05) is 22.8 Å². The number of likely N-dealkylation sites (N-methyl/N-ethyl adjacent to an activating group) is 1. The van der Waals surface area contributed by atoms with Gasteiger partial charge in [-0.25, -0.2) is 9.52 Å². The van der Waals surface area contributed by atoms with Crippen molar-refractivity contribution in [1.82, 2.24) is 24.5 Å². The minimum atomic E-state index is 0.671. The van der Waals surface area contributed by atoms with Gasteiger partial charge in [0.25, 0.3) is 5.95 Å². The van der Waals surface area contributed by atoms with E-state index in [-0.39, 0.29) is 0 Å². The number of rotatable bonds is 2. The van der Waals surface area contributed by atoms with E-state index in [1.165, 1.54) is 5.56 Å². The molecule has 0 atom stereocenters. The third-order valence-electron chi connectivity index (χ3n) is 3.24. The molecule has 0 saturated carbocycles. The molecule has 6 heteroatoms. The highest BCUT2D eigenvalue weighted by Gasteiger charge is 2.15. The van der Waals surface area contributed by atoms with Gasteiger partial charge in [-0.3, -0.25) is 5.43 Å². The SMILES string of the molecule is Cc1ccc2nc(NN3CCN(C)CC3)nn2c1. The Balaban J connectivity index is 1.74. The van der Waals surface area contributed by atoms with Gasteiger partial charge in [-0.15, -0.1) is 5.10 Å². The molecule has 0 aromatic carbocycles. The number of hydrogen-bond acceptors (Lipinski definition) is 5. The van der Waals surface area contributed by atoms with E-state index >= 15 is 0 Å². The van der Waals surface area contributed by atoms with Crippen molar-refractivity contribution in [3.63, 3.8) is 0 Å². The maximum atomic E-state index is 4.45. The Bertz CT molecular complexity index is 540. The van der Waals surface area contributed by atoms with E-state index in [1.54, 1.807) is 0 Å². The molecule has 0 amide bonds. The summed E-state index contributed by atoms with van der Waals surface area (Å²) in [5, 5.41) is 6.59. The van der Waals surface area contributed by atoms with Gasteiger partial charge in [-0.2, -0.15) is 4.98 Å². The zero-order valence-electron chi connectivity index (χ0n) is 10.8. The largest absolute Gasteiger partial charge is 0.304 e. The van der Waals surface area contributed by atoms with Crippen LogP contribution in [0.15, 0.2) is 18.3 Å². The van der Waals surface area contributed by atoms with Gasteiger partial charge in [0.2, 0.25) is 0 Å². The molecule has 2 aromatic heterocycles. The number of piperazine rings is 1. The molecular weight excluding hydrogens is 228 g/mol. The summed E-state index contributed by atoms with van der Waals surface area (Å²) in [6.07, 6.45) is 1.98. The lowest BCUT2D eigenvalue weighted by molar-refractivity contribution is 0.178. The van der Waals surface area contributed by atoms with E-state index in [9.17, 15) is 0 Å². The van der Waals surface area contributed by atoms with Gasteiger partial charge in [0.1, 0.15) is 0 Å². The molecule has 1 fully saturated rings. The number of nitrogens with one attached hydrogen (secondary N) is 1. The number of pyridine rings is 1. The van der Waals surface area contributed by atoms with Gasteiger partial charge in [0, 0.05) is 32.4 Å². The molecule has 1 aliphatic heterocycles. The van der Waals surface area contributed by atoms with Crippen LogP contribution in [-0.2, 0) is 0 Å². The summed E-state index contributed by atoms with van der Waals surface area (Å²) in [6, 6.07) is 4.03. The number of nitrogens with zero attached hydrogens (tertiary/aromatic N) is 5. The molecule has 1 aliphatic rings. The van der Waals surface area contributed by atoms with Crippen LogP contribution in [0.1, 0.15) is 5.56 Å². The third kappa shape index (κ3) is 2.30. The van der Waals surface area contributed by atoms with Crippen LogP contribution in [0.25, 0.3) is 5.65 Å².